The summed E-state index contributed by atoms with van der Waals surface area (Å²) in [6.07, 6.45) is 0. The molecule has 37 heavy (non-hydrogen) atoms. The highest BCUT2D eigenvalue weighted by molar-refractivity contribution is 8.09. The monoisotopic (exact) mass is 491 g/mol. The normalized spacial score (nSPS) is 21.8. The number of aliphatic imine (C=N–C) groups is 1. The van der Waals surface area contributed by atoms with Gasteiger partial charge in [0.15, 0.2) is 10.5 Å². The maximum atomic E-state index is 7.27. The highest BCUT2D eigenvalue weighted by Gasteiger charge is 2.87. The number of thioether (sulfide) groups is 1. The zero-order valence-corrected chi connectivity index (χ0v) is 20.7. The van der Waals surface area contributed by atoms with Gasteiger partial charge in [0, 0.05) is 16.7 Å². The lowest BCUT2D eigenvalue weighted by atomic mass is 9.75. The fraction of sp³-hybridized carbons (Fsp3) is 0.0882. The molecule has 0 N–H and O–H groups in total. The van der Waals surface area contributed by atoms with Crippen molar-refractivity contribution in [2.45, 2.75) is 15.2 Å². The van der Waals surface area contributed by atoms with Crippen molar-refractivity contribution in [3.8, 4) is 22.3 Å². The summed E-state index contributed by atoms with van der Waals surface area (Å²) < 4.78 is 6.94. The molecule has 1 atom stereocenters. The first kappa shape index (κ1) is 20.0. The Hall–Kier alpha value is -4.08. The Bertz CT molecular complexity index is 1720. The van der Waals surface area contributed by atoms with Gasteiger partial charge >= 0.3 is 0 Å². The van der Waals surface area contributed by atoms with E-state index >= 15 is 0 Å². The molecule has 0 radical (unpaired) electrons. The fourth-order valence-electron chi connectivity index (χ4n) is 7.12. The topological polar surface area (TPSA) is 21.6 Å². The lowest BCUT2D eigenvalue weighted by molar-refractivity contribution is 0.0946. The fourth-order valence-corrected chi connectivity index (χ4v) is 9.03. The molecule has 0 bridgehead atoms. The van der Waals surface area contributed by atoms with E-state index < -0.39 is 10.5 Å². The summed E-state index contributed by atoms with van der Waals surface area (Å²) >= 11 is 1.95. The maximum Gasteiger partial charge on any atom is 0.219 e. The third kappa shape index (κ3) is 2.13. The minimum Gasteiger partial charge on any atom is -0.457 e. The quantitative estimate of drug-likeness (QED) is 0.224. The Morgan fingerprint density at radius 3 is 1.46 bits per heavy atom. The predicted molar refractivity (Wildman–Crippen MR) is 150 cm³/mol. The maximum absolute atomic E-state index is 7.27. The van der Waals surface area contributed by atoms with Gasteiger partial charge in [0.05, 0.1) is 0 Å². The molecule has 1 fully saturated rings. The van der Waals surface area contributed by atoms with Crippen molar-refractivity contribution in [2.24, 2.45) is 4.99 Å². The summed E-state index contributed by atoms with van der Waals surface area (Å²) in [7, 11) is 0. The zero-order valence-electron chi connectivity index (χ0n) is 19.9. The molecule has 4 aliphatic rings. The van der Waals surface area contributed by atoms with Crippen LogP contribution in [-0.2, 0) is 15.1 Å². The van der Waals surface area contributed by atoms with Crippen molar-refractivity contribution in [3.05, 3.63) is 155 Å². The van der Waals surface area contributed by atoms with Crippen LogP contribution in [0.25, 0.3) is 22.3 Å². The highest BCUT2D eigenvalue weighted by atomic mass is 32.2. The largest absolute Gasteiger partial charge is 0.457 e. The van der Waals surface area contributed by atoms with Crippen LogP contribution >= 0.6 is 11.8 Å². The van der Waals surface area contributed by atoms with Gasteiger partial charge in [-0.3, -0.25) is 0 Å². The molecular weight excluding hydrogens is 470 g/mol. The molecule has 0 aromatic heterocycles. The van der Waals surface area contributed by atoms with Gasteiger partial charge in [0.2, 0.25) is 5.90 Å². The Labute approximate surface area is 219 Å². The van der Waals surface area contributed by atoms with Crippen molar-refractivity contribution >= 4 is 17.7 Å². The van der Waals surface area contributed by atoms with Gasteiger partial charge in [-0.15, -0.1) is 11.8 Å². The van der Waals surface area contributed by atoms with Crippen molar-refractivity contribution in [2.75, 3.05) is 0 Å². The lowest BCUT2D eigenvalue weighted by Crippen LogP contribution is -2.43. The van der Waals surface area contributed by atoms with Crippen LogP contribution in [-0.4, -0.2) is 10.8 Å². The second kappa shape index (κ2) is 6.62. The zero-order chi connectivity index (χ0) is 24.2. The van der Waals surface area contributed by atoms with E-state index in [0.29, 0.717) is 0 Å². The first-order valence-corrected chi connectivity index (χ1v) is 13.6. The van der Waals surface area contributed by atoms with Crippen LogP contribution in [0, 0.1) is 0 Å². The molecule has 5 aromatic carbocycles. The molecular formula is C34H21NOS. The highest BCUT2D eigenvalue weighted by Crippen LogP contribution is 2.86. The average molecular weight is 492 g/mol. The van der Waals surface area contributed by atoms with E-state index in [-0.39, 0.29) is 4.75 Å². The molecule has 9 rings (SSSR count). The van der Waals surface area contributed by atoms with Crippen molar-refractivity contribution in [1.29, 1.82) is 0 Å². The number of benzene rings is 5. The smallest absolute Gasteiger partial charge is 0.219 e. The first-order chi connectivity index (χ1) is 18.3. The summed E-state index contributed by atoms with van der Waals surface area (Å²) in [4.78, 5) is 5.05. The van der Waals surface area contributed by atoms with Crippen LogP contribution in [0.3, 0.4) is 0 Å². The number of fused-ring (bicyclic) bond motifs is 12. The van der Waals surface area contributed by atoms with E-state index in [4.69, 9.17) is 9.73 Å². The first-order valence-electron chi connectivity index (χ1n) is 12.7. The van der Waals surface area contributed by atoms with Gasteiger partial charge in [-0.2, -0.15) is 0 Å². The molecule has 2 aliphatic carbocycles. The number of hydrogen-bond donors (Lipinski definition) is 0. The molecule has 0 amide bonds. The van der Waals surface area contributed by atoms with E-state index in [1.807, 2.05) is 17.8 Å². The van der Waals surface area contributed by atoms with Gasteiger partial charge < -0.3 is 4.74 Å². The third-order valence-electron chi connectivity index (χ3n) is 8.55. The third-order valence-corrected chi connectivity index (χ3v) is 10.4. The van der Waals surface area contributed by atoms with E-state index in [9.17, 15) is 0 Å². The van der Waals surface area contributed by atoms with Gasteiger partial charge in [0.25, 0.3) is 0 Å². The number of nitrogens with zero attached hydrogens (tertiary/aromatic N) is 1. The van der Waals surface area contributed by atoms with E-state index in [0.717, 1.165) is 11.5 Å². The Balaban J connectivity index is 1.41. The van der Waals surface area contributed by atoms with Crippen LogP contribution in [0.2, 0.25) is 0 Å². The predicted octanol–water partition coefficient (Wildman–Crippen LogP) is 7.75. The summed E-state index contributed by atoms with van der Waals surface area (Å²) in [6.45, 7) is 0. The van der Waals surface area contributed by atoms with Crippen molar-refractivity contribution < 1.29 is 4.74 Å². The summed E-state index contributed by atoms with van der Waals surface area (Å²) in [6, 6.07) is 45.6. The molecule has 3 spiro atoms. The summed E-state index contributed by atoms with van der Waals surface area (Å²) in [5, 5.41) is 0. The second-order valence-corrected chi connectivity index (χ2v) is 11.6. The van der Waals surface area contributed by atoms with Crippen molar-refractivity contribution in [3.63, 3.8) is 0 Å². The molecule has 2 nitrogen and oxygen atoms in total. The number of rotatable bonds is 1. The minimum absolute atomic E-state index is 0.332. The molecule has 5 aromatic rings. The molecule has 174 valence electrons. The van der Waals surface area contributed by atoms with Crippen molar-refractivity contribution in [1.82, 2.24) is 0 Å². The minimum atomic E-state index is -0.736. The molecule has 2 heterocycles. The van der Waals surface area contributed by atoms with Crippen LogP contribution in [0.1, 0.15) is 27.8 Å². The van der Waals surface area contributed by atoms with Crippen LogP contribution in [0.4, 0.5) is 0 Å². The Morgan fingerprint density at radius 1 is 0.486 bits per heavy atom. The summed E-state index contributed by atoms with van der Waals surface area (Å²) in [5.74, 6) is 0.721. The second-order valence-electron chi connectivity index (χ2n) is 10.2. The van der Waals surface area contributed by atoms with Crippen LogP contribution < -0.4 is 0 Å². The standard InChI is InChI=1S/C34H21NOS/c1-2-12-22(13-3-1)31-35-34(32(36-31)27-18-8-4-14-23(27)24-15-5-9-19-28(24)32)33(37-34)29-20-10-6-16-25(29)26-17-7-11-21-30(26)33/h1-21H. The number of ether oxygens (including phenoxy) is 1. The molecule has 1 unspecified atom stereocenters. The summed E-state index contributed by atoms with van der Waals surface area (Å²) in [5.41, 5.74) is 10.5. The Kier molecular flexibility index (Phi) is 3.58. The van der Waals surface area contributed by atoms with E-state index in [1.165, 1.54) is 44.5 Å². The average Bonchev–Trinajstić information content (AvgIpc) is 3.23. The van der Waals surface area contributed by atoms with Crippen LogP contribution in [0.5, 0.6) is 0 Å². The molecule has 0 saturated carbocycles. The van der Waals surface area contributed by atoms with Gasteiger partial charge in [-0.05, 0) is 45.5 Å². The van der Waals surface area contributed by atoms with Gasteiger partial charge in [0.1, 0.15) is 4.75 Å². The lowest BCUT2D eigenvalue weighted by Gasteiger charge is -2.33. The van der Waals surface area contributed by atoms with E-state index in [2.05, 4.69) is 121 Å². The van der Waals surface area contributed by atoms with Gasteiger partial charge in [-0.1, -0.05) is 115 Å². The van der Waals surface area contributed by atoms with Crippen LogP contribution in [0.15, 0.2) is 132 Å². The molecule has 1 saturated heterocycles. The number of hydrogen-bond acceptors (Lipinski definition) is 3. The SMILES string of the molecule is c1ccc(C2=NC3(SC34c3ccccc3-c3ccccc34)C3(O2)c2ccccc2-c2ccccc23)cc1. The van der Waals surface area contributed by atoms with Gasteiger partial charge in [-0.25, -0.2) is 4.99 Å². The molecule has 3 heteroatoms. The Morgan fingerprint density at radius 2 is 0.919 bits per heavy atom. The molecule has 2 aliphatic heterocycles. The van der Waals surface area contributed by atoms with E-state index in [1.54, 1.807) is 0 Å².